The number of nitrogens with two attached hydrogens (primary N) is 1. The topological polar surface area (TPSA) is 123 Å². The van der Waals surface area contributed by atoms with Crippen LogP contribution in [-0.4, -0.2) is 65.1 Å². The van der Waals surface area contributed by atoms with Crippen molar-refractivity contribution in [2.24, 2.45) is 50.8 Å². The number of hydrogen-bond donors (Lipinski definition) is 3. The molecule has 240 valence electrons. The minimum atomic E-state index is -0.627. The molecule has 0 unspecified atom stereocenters. The zero-order valence-corrected chi connectivity index (χ0v) is 28.3. The Hall–Kier alpha value is -1.58. The van der Waals surface area contributed by atoms with Crippen molar-refractivity contribution >= 4 is 29.4 Å². The van der Waals surface area contributed by atoms with Crippen LogP contribution in [0.25, 0.3) is 0 Å². The minimum Gasteiger partial charge on any atom is -0.461 e. The van der Waals surface area contributed by atoms with E-state index in [0.29, 0.717) is 25.3 Å². The molecule has 0 spiro atoms. The number of ether oxygens (including phenoxy) is 1. The third-order valence-electron chi connectivity index (χ3n) is 11.1. The van der Waals surface area contributed by atoms with Gasteiger partial charge in [-0.2, -0.15) is 0 Å². The summed E-state index contributed by atoms with van der Waals surface area (Å²) < 4.78 is 6.09. The molecule has 42 heavy (non-hydrogen) atoms. The summed E-state index contributed by atoms with van der Waals surface area (Å²) in [5.41, 5.74) is 5.91. The Kier molecular flexibility index (Phi) is 11.0. The molecular weight excluding hydrogens is 550 g/mol. The van der Waals surface area contributed by atoms with Crippen molar-refractivity contribution in [3.05, 3.63) is 12.7 Å². The molecule has 0 heterocycles. The van der Waals surface area contributed by atoms with E-state index in [0.717, 1.165) is 31.4 Å². The molecule has 3 aliphatic rings. The molecule has 0 saturated heterocycles. The Morgan fingerprint density at radius 3 is 2.55 bits per heavy atom. The van der Waals surface area contributed by atoms with Gasteiger partial charge >= 0.3 is 5.97 Å². The lowest BCUT2D eigenvalue weighted by Gasteiger charge is -2.62. The number of rotatable bonds is 11. The fraction of sp³-hybridized carbons (Fsp3) is 0.848. The summed E-state index contributed by atoms with van der Waals surface area (Å²) in [6.45, 7) is 21.4. The number of hydrogen-bond acceptors (Lipinski definition) is 8. The SMILES string of the molecule is C=C[C@]1(C)C[C@@H](OC(=O)CSC(C)(C)CNC(=O)[C@H](N)CC(C)C)[C@]2(C)[C@H](C)CC[C@]3(CC/C(=N\OC)[C@H]32)[C@@H](C)[C@@H]1O. The van der Waals surface area contributed by atoms with Crippen molar-refractivity contribution in [3.63, 3.8) is 0 Å². The van der Waals surface area contributed by atoms with Crippen LogP contribution >= 0.6 is 11.8 Å². The maximum atomic E-state index is 13.6. The molecule has 2 bridgehead atoms. The first kappa shape index (κ1) is 34.9. The molecule has 4 N–H and O–H groups in total. The van der Waals surface area contributed by atoms with E-state index in [9.17, 15) is 14.7 Å². The van der Waals surface area contributed by atoms with E-state index in [1.807, 2.05) is 40.7 Å². The van der Waals surface area contributed by atoms with Gasteiger partial charge in [-0.3, -0.25) is 9.59 Å². The van der Waals surface area contributed by atoms with Crippen molar-refractivity contribution < 1.29 is 24.3 Å². The summed E-state index contributed by atoms with van der Waals surface area (Å²) in [7, 11) is 1.59. The monoisotopic (exact) mass is 607 g/mol. The third kappa shape index (κ3) is 6.73. The number of nitrogens with one attached hydrogen (secondary N) is 1. The molecule has 0 aromatic carbocycles. The van der Waals surface area contributed by atoms with Crippen LogP contribution in [-0.2, 0) is 19.2 Å². The van der Waals surface area contributed by atoms with Gasteiger partial charge in [-0.15, -0.1) is 18.3 Å². The van der Waals surface area contributed by atoms with Crippen LogP contribution in [0.3, 0.4) is 0 Å². The molecule has 3 aliphatic carbocycles. The fourth-order valence-corrected chi connectivity index (χ4v) is 9.04. The lowest BCUT2D eigenvalue weighted by molar-refractivity contribution is -0.196. The van der Waals surface area contributed by atoms with Crippen molar-refractivity contribution in [3.8, 4) is 0 Å². The minimum absolute atomic E-state index is 0.0266. The number of aliphatic hydroxyl groups is 1. The standard InChI is InChI=1S/C33H57N3O5S/c1-11-31(8)17-25(41-26(37)18-42-30(6,7)19-35-29(39)23(34)16-20(2)3)32(9)21(4)12-14-33(22(5)28(31)38)15-13-24(27(32)33)36-40-10/h11,20-23,25,27-28,38H,1,12-19,34H2,2-10H3,(H,35,39)/b36-24+/t21-,22+,23-,25-,27+,28+,31-,32+,33+/m1/s1. The normalized spacial score (nSPS) is 38.3. The van der Waals surface area contributed by atoms with E-state index in [1.165, 1.54) is 11.8 Å². The Labute approximate surface area is 258 Å². The summed E-state index contributed by atoms with van der Waals surface area (Å²) in [6, 6.07) is -0.542. The Balaban J connectivity index is 1.84. The molecule has 3 fully saturated rings. The predicted molar refractivity (Wildman–Crippen MR) is 171 cm³/mol. The molecule has 8 nitrogen and oxygen atoms in total. The maximum absolute atomic E-state index is 13.6. The van der Waals surface area contributed by atoms with Crippen LogP contribution in [0.1, 0.15) is 93.9 Å². The van der Waals surface area contributed by atoms with E-state index in [4.69, 9.17) is 15.3 Å². The van der Waals surface area contributed by atoms with Gasteiger partial charge in [0, 0.05) is 28.0 Å². The Morgan fingerprint density at radius 2 is 1.95 bits per heavy atom. The molecule has 3 rings (SSSR count). The third-order valence-corrected chi connectivity index (χ3v) is 12.4. The average Bonchev–Trinajstić information content (AvgIpc) is 3.31. The summed E-state index contributed by atoms with van der Waals surface area (Å²) in [4.78, 5) is 31.4. The molecule has 9 atom stereocenters. The van der Waals surface area contributed by atoms with E-state index in [-0.39, 0.29) is 46.2 Å². The van der Waals surface area contributed by atoms with Crippen molar-refractivity contribution in [1.82, 2.24) is 5.32 Å². The second-order valence-electron chi connectivity index (χ2n) is 14.9. The number of carbonyl (C=O) groups is 2. The zero-order chi connectivity index (χ0) is 31.7. The van der Waals surface area contributed by atoms with Crippen LogP contribution in [0.15, 0.2) is 17.8 Å². The largest absolute Gasteiger partial charge is 0.461 e. The lowest BCUT2D eigenvalue weighted by Crippen LogP contribution is -2.63. The van der Waals surface area contributed by atoms with Gasteiger partial charge in [0.05, 0.1) is 23.6 Å². The van der Waals surface area contributed by atoms with Crippen LogP contribution in [0.2, 0.25) is 0 Å². The van der Waals surface area contributed by atoms with Gasteiger partial charge in [0.2, 0.25) is 5.91 Å². The first-order chi connectivity index (χ1) is 19.5. The number of nitrogens with zero attached hydrogens (tertiary/aromatic N) is 1. The van der Waals surface area contributed by atoms with Crippen LogP contribution in [0.5, 0.6) is 0 Å². The highest BCUT2D eigenvalue weighted by Gasteiger charge is 2.67. The number of amides is 1. The van der Waals surface area contributed by atoms with E-state index in [2.05, 4.69) is 37.8 Å². The van der Waals surface area contributed by atoms with Gasteiger partial charge in [-0.1, -0.05) is 52.8 Å². The average molecular weight is 608 g/mol. The highest BCUT2D eigenvalue weighted by atomic mass is 32.2. The molecule has 0 aliphatic heterocycles. The van der Waals surface area contributed by atoms with Crippen molar-refractivity contribution in [2.45, 2.75) is 117 Å². The van der Waals surface area contributed by atoms with Gasteiger partial charge in [0.15, 0.2) is 0 Å². The van der Waals surface area contributed by atoms with Crippen molar-refractivity contribution in [2.75, 3.05) is 19.4 Å². The van der Waals surface area contributed by atoms with Gasteiger partial charge < -0.3 is 25.7 Å². The first-order valence-corrected chi connectivity index (χ1v) is 16.7. The summed E-state index contributed by atoms with van der Waals surface area (Å²) in [6.07, 6.45) is 5.66. The number of esters is 1. The van der Waals surface area contributed by atoms with Crippen LogP contribution < -0.4 is 11.1 Å². The van der Waals surface area contributed by atoms with Crippen LogP contribution in [0.4, 0.5) is 0 Å². The van der Waals surface area contributed by atoms with Gasteiger partial charge in [-0.05, 0) is 75.5 Å². The second-order valence-corrected chi connectivity index (χ2v) is 16.5. The van der Waals surface area contributed by atoms with Gasteiger partial charge in [0.25, 0.3) is 0 Å². The van der Waals surface area contributed by atoms with Gasteiger partial charge in [0.1, 0.15) is 13.2 Å². The lowest BCUT2D eigenvalue weighted by atomic mass is 9.44. The summed E-state index contributed by atoms with van der Waals surface area (Å²) >= 11 is 1.47. The number of aliphatic hydroxyl groups excluding tert-OH is 1. The van der Waals surface area contributed by atoms with Crippen LogP contribution in [0, 0.1) is 39.9 Å². The number of thioether (sulfide) groups is 1. The number of carbonyl (C=O) groups excluding carboxylic acids is 2. The van der Waals surface area contributed by atoms with E-state index >= 15 is 0 Å². The predicted octanol–water partition coefficient (Wildman–Crippen LogP) is 5.33. The molecule has 0 aromatic heterocycles. The Morgan fingerprint density at radius 1 is 1.29 bits per heavy atom. The molecular formula is C33H57N3O5S. The van der Waals surface area contributed by atoms with E-state index < -0.39 is 28.4 Å². The van der Waals surface area contributed by atoms with Crippen molar-refractivity contribution in [1.29, 1.82) is 0 Å². The first-order valence-electron chi connectivity index (χ1n) is 15.8. The number of oxime groups is 1. The quantitative estimate of drug-likeness (QED) is 0.165. The zero-order valence-electron chi connectivity index (χ0n) is 27.5. The molecule has 0 radical (unpaired) electrons. The molecule has 1 amide bonds. The van der Waals surface area contributed by atoms with E-state index in [1.54, 1.807) is 7.11 Å². The fourth-order valence-electron chi connectivity index (χ4n) is 8.29. The highest BCUT2D eigenvalue weighted by Crippen LogP contribution is 2.68. The molecule has 9 heteroatoms. The molecule has 3 saturated carbocycles. The smallest absolute Gasteiger partial charge is 0.316 e. The second kappa shape index (κ2) is 13.2. The maximum Gasteiger partial charge on any atom is 0.316 e. The summed E-state index contributed by atoms with van der Waals surface area (Å²) in [5.74, 6) is 0.379. The Bertz CT molecular complexity index is 1030. The van der Waals surface area contributed by atoms with Gasteiger partial charge in [-0.25, -0.2) is 0 Å². The molecule has 0 aromatic rings. The highest BCUT2D eigenvalue weighted by molar-refractivity contribution is 8.01. The summed E-state index contributed by atoms with van der Waals surface area (Å²) in [5, 5.41) is 19.3.